The van der Waals surface area contributed by atoms with Gasteiger partial charge in [-0.2, -0.15) is 0 Å². The summed E-state index contributed by atoms with van der Waals surface area (Å²) in [5, 5.41) is 4.47. The summed E-state index contributed by atoms with van der Waals surface area (Å²) in [4.78, 5) is 7.30. The number of fused-ring (bicyclic) bond motifs is 1. The topological polar surface area (TPSA) is 28.2 Å². The van der Waals surface area contributed by atoms with E-state index in [-0.39, 0.29) is 0 Å². The molecular weight excluding hydrogens is 246 g/mol. The van der Waals surface area contributed by atoms with E-state index in [1.165, 1.54) is 23.8 Å². The summed E-state index contributed by atoms with van der Waals surface area (Å²) in [5.74, 6) is 1.13. The number of nitrogens with one attached hydrogen (secondary N) is 1. The number of para-hydroxylation sites is 1. The molecule has 2 rings (SSSR count). The zero-order valence-corrected chi connectivity index (χ0v) is 12.8. The van der Waals surface area contributed by atoms with Gasteiger partial charge in [-0.3, -0.25) is 0 Å². The SMILES string of the molecule is CCCCN(CC)c1nc2ccccc2cc1CNC. The van der Waals surface area contributed by atoms with E-state index < -0.39 is 0 Å². The molecule has 3 heteroatoms. The quantitative estimate of drug-likeness (QED) is 0.834. The molecule has 3 nitrogen and oxygen atoms in total. The Morgan fingerprint density at radius 2 is 2.00 bits per heavy atom. The van der Waals surface area contributed by atoms with E-state index in [4.69, 9.17) is 4.98 Å². The molecule has 0 aliphatic carbocycles. The third-order valence-electron chi connectivity index (χ3n) is 3.61. The van der Waals surface area contributed by atoms with Gasteiger partial charge in [-0.25, -0.2) is 4.98 Å². The lowest BCUT2D eigenvalue weighted by atomic mass is 10.1. The van der Waals surface area contributed by atoms with Crippen molar-refractivity contribution in [2.75, 3.05) is 25.0 Å². The lowest BCUT2D eigenvalue weighted by Crippen LogP contribution is -2.27. The molecule has 1 heterocycles. The molecule has 0 radical (unpaired) electrons. The van der Waals surface area contributed by atoms with Gasteiger partial charge in [0.15, 0.2) is 0 Å². The van der Waals surface area contributed by atoms with Crippen molar-refractivity contribution in [1.29, 1.82) is 0 Å². The summed E-state index contributed by atoms with van der Waals surface area (Å²) in [7, 11) is 1.99. The predicted molar refractivity (Wildman–Crippen MR) is 87.3 cm³/mol. The first-order valence-electron chi connectivity index (χ1n) is 7.58. The fourth-order valence-electron chi connectivity index (χ4n) is 2.51. The van der Waals surface area contributed by atoms with Gasteiger partial charge in [0.1, 0.15) is 5.82 Å². The lowest BCUT2D eigenvalue weighted by molar-refractivity contribution is 0.715. The van der Waals surface area contributed by atoms with Crippen molar-refractivity contribution in [3.63, 3.8) is 0 Å². The number of unbranched alkanes of at least 4 members (excludes halogenated alkanes) is 1. The first kappa shape index (κ1) is 14.8. The molecule has 1 aromatic heterocycles. The number of anilines is 1. The van der Waals surface area contributed by atoms with Crippen LogP contribution in [0.3, 0.4) is 0 Å². The van der Waals surface area contributed by atoms with Gasteiger partial charge in [-0.1, -0.05) is 31.5 Å². The third-order valence-corrected chi connectivity index (χ3v) is 3.61. The Bertz CT molecular complexity index is 551. The highest BCUT2D eigenvalue weighted by Gasteiger charge is 2.12. The van der Waals surface area contributed by atoms with Crippen LogP contribution < -0.4 is 10.2 Å². The Balaban J connectivity index is 2.44. The molecule has 0 amide bonds. The number of benzene rings is 1. The van der Waals surface area contributed by atoms with E-state index >= 15 is 0 Å². The van der Waals surface area contributed by atoms with Crippen molar-refractivity contribution < 1.29 is 0 Å². The molecule has 0 aliphatic rings. The average molecular weight is 271 g/mol. The smallest absolute Gasteiger partial charge is 0.133 e. The monoisotopic (exact) mass is 271 g/mol. The summed E-state index contributed by atoms with van der Waals surface area (Å²) in [6, 6.07) is 10.6. The second-order valence-electron chi connectivity index (χ2n) is 5.13. The van der Waals surface area contributed by atoms with Gasteiger partial charge >= 0.3 is 0 Å². The number of hydrogen-bond donors (Lipinski definition) is 1. The molecule has 0 fully saturated rings. The Morgan fingerprint density at radius 1 is 1.20 bits per heavy atom. The van der Waals surface area contributed by atoms with Gasteiger partial charge in [-0.05, 0) is 32.5 Å². The molecule has 0 aliphatic heterocycles. The Morgan fingerprint density at radius 3 is 2.70 bits per heavy atom. The van der Waals surface area contributed by atoms with Gasteiger partial charge in [0.05, 0.1) is 5.52 Å². The number of nitrogens with zero attached hydrogens (tertiary/aromatic N) is 2. The first-order chi connectivity index (χ1) is 9.80. The molecule has 20 heavy (non-hydrogen) atoms. The van der Waals surface area contributed by atoms with Crippen LogP contribution in [0.1, 0.15) is 32.3 Å². The number of rotatable bonds is 7. The van der Waals surface area contributed by atoms with Crippen molar-refractivity contribution >= 4 is 16.7 Å². The Hall–Kier alpha value is -1.61. The fraction of sp³-hybridized carbons (Fsp3) is 0.471. The normalized spacial score (nSPS) is 10.9. The highest BCUT2D eigenvalue weighted by atomic mass is 15.2. The second kappa shape index (κ2) is 7.25. The molecule has 108 valence electrons. The maximum absolute atomic E-state index is 4.90. The largest absolute Gasteiger partial charge is 0.357 e. The lowest BCUT2D eigenvalue weighted by Gasteiger charge is -2.25. The summed E-state index contributed by atoms with van der Waals surface area (Å²) >= 11 is 0. The molecule has 0 saturated heterocycles. The minimum Gasteiger partial charge on any atom is -0.357 e. The number of hydrogen-bond acceptors (Lipinski definition) is 3. The third kappa shape index (κ3) is 3.28. The van der Waals surface area contributed by atoms with E-state index in [1.54, 1.807) is 0 Å². The maximum Gasteiger partial charge on any atom is 0.133 e. The fourth-order valence-corrected chi connectivity index (χ4v) is 2.51. The van der Waals surface area contributed by atoms with E-state index in [0.29, 0.717) is 0 Å². The van der Waals surface area contributed by atoms with Gasteiger partial charge in [0, 0.05) is 30.6 Å². The van der Waals surface area contributed by atoms with Crippen molar-refractivity contribution in [1.82, 2.24) is 10.3 Å². The zero-order valence-electron chi connectivity index (χ0n) is 12.8. The standard InChI is InChI=1S/C17H25N3/c1-4-6-11-20(5-2)17-15(13-18-3)12-14-9-7-8-10-16(14)19-17/h7-10,12,18H,4-6,11,13H2,1-3H3. The van der Waals surface area contributed by atoms with Crippen molar-refractivity contribution in [2.45, 2.75) is 33.2 Å². The molecule has 2 aromatic rings. The van der Waals surface area contributed by atoms with Crippen LogP contribution >= 0.6 is 0 Å². The van der Waals surface area contributed by atoms with Crippen LogP contribution in [0, 0.1) is 0 Å². The Kier molecular flexibility index (Phi) is 5.36. The molecule has 0 saturated carbocycles. The molecule has 0 unspecified atom stereocenters. The molecule has 0 spiro atoms. The van der Waals surface area contributed by atoms with E-state index in [1.807, 2.05) is 7.05 Å². The molecule has 0 atom stereocenters. The van der Waals surface area contributed by atoms with Crippen LogP contribution in [0.4, 0.5) is 5.82 Å². The number of pyridine rings is 1. The van der Waals surface area contributed by atoms with Gasteiger partial charge in [0.2, 0.25) is 0 Å². The molecule has 0 bridgehead atoms. The minimum absolute atomic E-state index is 0.857. The van der Waals surface area contributed by atoms with Crippen LogP contribution in [-0.2, 0) is 6.54 Å². The van der Waals surface area contributed by atoms with Crippen LogP contribution in [0.5, 0.6) is 0 Å². The zero-order chi connectivity index (χ0) is 14.4. The summed E-state index contributed by atoms with van der Waals surface area (Å²) in [5.41, 5.74) is 2.36. The van der Waals surface area contributed by atoms with Crippen LogP contribution in [0.25, 0.3) is 10.9 Å². The van der Waals surface area contributed by atoms with E-state index in [0.717, 1.165) is 31.0 Å². The highest BCUT2D eigenvalue weighted by molar-refractivity contribution is 5.81. The van der Waals surface area contributed by atoms with Crippen molar-refractivity contribution in [3.05, 3.63) is 35.9 Å². The number of aromatic nitrogens is 1. The average Bonchev–Trinajstić information content (AvgIpc) is 2.48. The van der Waals surface area contributed by atoms with Crippen LogP contribution in [-0.4, -0.2) is 25.1 Å². The maximum atomic E-state index is 4.90. The second-order valence-corrected chi connectivity index (χ2v) is 5.13. The predicted octanol–water partition coefficient (Wildman–Crippen LogP) is 3.58. The van der Waals surface area contributed by atoms with Gasteiger partial charge in [-0.15, -0.1) is 0 Å². The Labute approximate surface area is 122 Å². The summed E-state index contributed by atoms with van der Waals surface area (Å²) in [6.45, 7) is 7.37. The van der Waals surface area contributed by atoms with Crippen LogP contribution in [0.15, 0.2) is 30.3 Å². The highest BCUT2D eigenvalue weighted by Crippen LogP contribution is 2.24. The van der Waals surface area contributed by atoms with E-state index in [2.05, 4.69) is 54.4 Å². The van der Waals surface area contributed by atoms with Gasteiger partial charge < -0.3 is 10.2 Å². The molecular formula is C17H25N3. The van der Waals surface area contributed by atoms with Gasteiger partial charge in [0.25, 0.3) is 0 Å². The first-order valence-corrected chi connectivity index (χ1v) is 7.58. The van der Waals surface area contributed by atoms with Crippen molar-refractivity contribution in [3.8, 4) is 0 Å². The minimum atomic E-state index is 0.857. The van der Waals surface area contributed by atoms with Crippen LogP contribution in [0.2, 0.25) is 0 Å². The molecule has 1 N–H and O–H groups in total. The van der Waals surface area contributed by atoms with Crippen molar-refractivity contribution in [2.24, 2.45) is 0 Å². The molecule has 1 aromatic carbocycles. The summed E-state index contributed by atoms with van der Waals surface area (Å²) < 4.78 is 0. The summed E-state index contributed by atoms with van der Waals surface area (Å²) in [6.07, 6.45) is 2.42. The van der Waals surface area contributed by atoms with E-state index in [9.17, 15) is 0 Å².